The summed E-state index contributed by atoms with van der Waals surface area (Å²) in [6, 6.07) is 102. The summed E-state index contributed by atoms with van der Waals surface area (Å²) in [6.07, 6.45) is 8.78. The minimum atomic E-state index is 1.23. The first-order chi connectivity index (χ1) is 56.6. The van der Waals surface area contributed by atoms with E-state index in [1.807, 2.05) is 0 Å². The lowest BCUT2D eigenvalue weighted by atomic mass is 9.90. The number of hydrogen-bond donors (Lipinski definition) is 0. The molecule has 0 radical (unpaired) electrons. The fraction of sp³-hybridized carbons (Fsp3) is 0.193. The summed E-state index contributed by atoms with van der Waals surface area (Å²) in [7, 11) is 8.54. The molecule has 0 saturated carbocycles. The fourth-order valence-corrected chi connectivity index (χ4v) is 17.6. The van der Waals surface area contributed by atoms with Crippen molar-refractivity contribution in [2.24, 2.45) is 28.2 Å². The van der Waals surface area contributed by atoms with E-state index in [2.05, 4.69) is 475 Å². The Bertz CT molecular complexity index is 6400. The number of benzene rings is 12. The van der Waals surface area contributed by atoms with E-state index in [4.69, 9.17) is 0 Å². The van der Waals surface area contributed by atoms with Crippen LogP contribution in [0.15, 0.2) is 304 Å². The molecule has 0 aliphatic heterocycles. The summed E-state index contributed by atoms with van der Waals surface area (Å²) in [5, 5.41) is 0. The monoisotopic (exact) mass is 1540 g/mol. The summed E-state index contributed by atoms with van der Waals surface area (Å²) in [5.74, 6) is 0. The van der Waals surface area contributed by atoms with Crippen molar-refractivity contribution in [3.8, 4) is 134 Å². The van der Waals surface area contributed by atoms with Crippen molar-refractivity contribution in [2.75, 3.05) is 0 Å². The second-order valence-corrected chi connectivity index (χ2v) is 33.1. The van der Waals surface area contributed by atoms with Crippen LogP contribution in [-0.2, 0) is 28.2 Å². The van der Waals surface area contributed by atoms with Gasteiger partial charge in [0.2, 0.25) is 22.8 Å². The maximum absolute atomic E-state index is 2.38. The molecule has 588 valence electrons. The smallest absolute Gasteiger partial charge is 0.201 e. The van der Waals surface area contributed by atoms with Crippen LogP contribution in [0.4, 0.5) is 0 Å². The molecule has 4 heteroatoms. The minimum absolute atomic E-state index is 1.23. The molecule has 0 aliphatic carbocycles. The molecule has 0 bridgehead atoms. The average Bonchev–Trinajstić information content (AvgIpc) is 0.790. The summed E-state index contributed by atoms with van der Waals surface area (Å²) in [5.41, 5.74) is 54.4. The molecule has 0 N–H and O–H groups in total. The van der Waals surface area contributed by atoms with E-state index < -0.39 is 0 Å². The first-order valence-corrected chi connectivity index (χ1v) is 41.6. The highest BCUT2D eigenvalue weighted by atomic mass is 14.9. The van der Waals surface area contributed by atoms with E-state index in [-0.39, 0.29) is 0 Å². The zero-order valence-corrected chi connectivity index (χ0v) is 73.7. The molecule has 0 saturated heterocycles. The third kappa shape index (κ3) is 18.1. The zero-order valence-electron chi connectivity index (χ0n) is 73.7. The van der Waals surface area contributed by atoms with Crippen LogP contribution in [0.25, 0.3) is 134 Å². The molecule has 4 nitrogen and oxygen atoms in total. The molecule has 16 rings (SSSR count). The van der Waals surface area contributed by atoms with Crippen LogP contribution < -0.4 is 18.3 Å². The molecule has 4 aromatic heterocycles. The Morgan fingerprint density at radius 1 is 0.153 bits per heavy atom. The Balaban J connectivity index is 0.000000136. The largest absolute Gasteiger partial charge is 0.213 e. The lowest BCUT2D eigenvalue weighted by Crippen LogP contribution is -2.31. The highest BCUT2D eigenvalue weighted by Crippen LogP contribution is 2.41. The number of aromatic nitrogens is 4. The van der Waals surface area contributed by atoms with E-state index in [9.17, 15) is 0 Å². The quantitative estimate of drug-likeness (QED) is 0.108. The summed E-state index contributed by atoms with van der Waals surface area (Å²) >= 11 is 0. The van der Waals surface area contributed by atoms with Crippen molar-refractivity contribution < 1.29 is 18.3 Å². The van der Waals surface area contributed by atoms with Gasteiger partial charge in [-0.3, -0.25) is 0 Å². The molecular weight excluding hydrogens is 1430 g/mol. The van der Waals surface area contributed by atoms with Gasteiger partial charge in [0.1, 0.15) is 28.2 Å². The third-order valence-electron chi connectivity index (χ3n) is 24.0. The molecule has 12 aromatic carbocycles. The van der Waals surface area contributed by atoms with Crippen LogP contribution in [0.5, 0.6) is 0 Å². The van der Waals surface area contributed by atoms with Crippen LogP contribution in [-0.4, -0.2) is 0 Å². The van der Waals surface area contributed by atoms with Gasteiger partial charge >= 0.3 is 0 Å². The third-order valence-corrected chi connectivity index (χ3v) is 24.0. The Morgan fingerprint density at radius 2 is 0.466 bits per heavy atom. The molecule has 118 heavy (non-hydrogen) atoms. The number of pyridine rings is 4. The highest BCUT2D eigenvalue weighted by molar-refractivity contribution is 5.85. The normalized spacial score (nSPS) is 11.0. The molecule has 16 aromatic rings. The zero-order chi connectivity index (χ0) is 83.9. The minimum Gasteiger partial charge on any atom is -0.201 e. The number of hydrogen-bond acceptors (Lipinski definition) is 0. The Labute approximate surface area is 704 Å². The first-order valence-electron chi connectivity index (χ1n) is 41.6. The van der Waals surface area contributed by atoms with Gasteiger partial charge in [0, 0.05) is 70.3 Å². The van der Waals surface area contributed by atoms with Gasteiger partial charge < -0.3 is 0 Å². The topological polar surface area (TPSA) is 15.5 Å². The van der Waals surface area contributed by atoms with Crippen LogP contribution in [0, 0.1) is 125 Å². The number of nitrogens with zero attached hydrogens (tertiary/aromatic N) is 4. The predicted molar refractivity (Wildman–Crippen MR) is 501 cm³/mol. The van der Waals surface area contributed by atoms with Crippen molar-refractivity contribution in [1.29, 1.82) is 0 Å². The van der Waals surface area contributed by atoms with E-state index in [0.717, 1.165) is 0 Å². The maximum Gasteiger partial charge on any atom is 0.213 e. The van der Waals surface area contributed by atoms with Gasteiger partial charge in [0.05, 0.1) is 0 Å². The van der Waals surface area contributed by atoms with E-state index in [0.29, 0.717) is 0 Å². The van der Waals surface area contributed by atoms with Gasteiger partial charge in [-0.2, -0.15) is 0 Å². The molecule has 0 fully saturated rings. The first kappa shape index (κ1) is 83.2. The second-order valence-electron chi connectivity index (χ2n) is 33.1. The van der Waals surface area contributed by atoms with Gasteiger partial charge in [0.25, 0.3) is 0 Å². The summed E-state index contributed by atoms with van der Waals surface area (Å²) in [4.78, 5) is 0. The van der Waals surface area contributed by atoms with Crippen molar-refractivity contribution >= 4 is 0 Å². The van der Waals surface area contributed by atoms with E-state index in [1.54, 1.807) is 0 Å². The van der Waals surface area contributed by atoms with Crippen LogP contribution >= 0.6 is 0 Å². The lowest BCUT2D eigenvalue weighted by Gasteiger charge is -2.15. The highest BCUT2D eigenvalue weighted by Gasteiger charge is 2.25. The maximum atomic E-state index is 2.38. The van der Waals surface area contributed by atoms with Crippen LogP contribution in [0.3, 0.4) is 0 Å². The molecular formula is C114H116N4+4. The predicted octanol–water partition coefficient (Wildman–Crippen LogP) is 27.6. The molecule has 0 unspecified atom stereocenters. The van der Waals surface area contributed by atoms with Gasteiger partial charge in [-0.25, -0.2) is 18.3 Å². The van der Waals surface area contributed by atoms with Crippen LogP contribution in [0.1, 0.15) is 100 Å². The van der Waals surface area contributed by atoms with E-state index in [1.165, 1.54) is 234 Å². The Kier molecular flexibility index (Phi) is 25.5. The van der Waals surface area contributed by atoms with Crippen molar-refractivity contribution in [1.82, 2.24) is 0 Å². The van der Waals surface area contributed by atoms with Gasteiger partial charge in [-0.05, 0) is 327 Å². The van der Waals surface area contributed by atoms with Gasteiger partial charge in [-0.15, -0.1) is 0 Å². The fourth-order valence-electron chi connectivity index (χ4n) is 17.6. The van der Waals surface area contributed by atoms with Gasteiger partial charge in [-0.1, -0.05) is 218 Å². The standard InChI is InChI=1S/C30H32N.C29H30N.C28H28N.C27H26N/c1-19-14-22(4)30(23(5)15-19)28-17-29(31(7)18-24(28)6)27-16-25(13-12-21(27)3)26-11-9-8-10-20(26)2;1-19-10-7-8-13-25(19)26-18-27(23(5)16-22(26)4)28-17-24(14-15-30(28)6)29-20(2)11-9-12-21(29)3;1-19-10-6-8-12-24(19)23-14-15-29(5)28(17-23)27-18-26(21(3)16-22(27)4)25-13-9-7-11-20(25)2;1-19-10-8-9-13-24(19)25-18-26(21(3)16-20(25)2)27-17-23(14-15-28(27)4)22-11-6-5-7-12-22/h8-18H,1-7H3;7-18H,1-6H3;6-18H,1-5H3;5-18H,1-4H3/q4*+1. The number of aryl methyl sites for hydroxylation is 22. The lowest BCUT2D eigenvalue weighted by molar-refractivity contribution is -0.660. The Morgan fingerprint density at radius 3 is 0.881 bits per heavy atom. The molecule has 0 spiro atoms. The average molecular weight is 1540 g/mol. The summed E-state index contributed by atoms with van der Waals surface area (Å²) in [6.45, 7) is 39.6. The Hall–Kier alpha value is -12.8. The second kappa shape index (κ2) is 36.2. The number of rotatable bonds is 12. The van der Waals surface area contributed by atoms with Crippen molar-refractivity contribution in [2.45, 2.75) is 125 Å². The SMILES string of the molecule is Cc1cc(C)c(-c2cc(-c3cc(-c4ccccc4C)ccc3C)[n+](C)cc2C)c(C)c1.Cc1ccccc1-c1cc(-c2cc(-c3c(C)cccc3C)cc[n+]2C)c(C)cc1C.Cc1ccccc1-c1cc(-c2cc(-c3ccccc3)cc[n+]2C)c(C)cc1C.Cc1ccccc1-c1cc[n+](C)c(-c2cc(-c3ccccc3C)c(C)cc2C)c1. The van der Waals surface area contributed by atoms with Crippen LogP contribution in [0.2, 0.25) is 0 Å². The van der Waals surface area contributed by atoms with Gasteiger partial charge in [0.15, 0.2) is 24.8 Å². The molecule has 0 amide bonds. The molecule has 0 aliphatic rings. The molecule has 0 atom stereocenters. The van der Waals surface area contributed by atoms with Crippen molar-refractivity contribution in [3.63, 3.8) is 0 Å². The molecule has 4 heterocycles. The summed E-state index contributed by atoms with van der Waals surface area (Å²) < 4.78 is 8.94. The van der Waals surface area contributed by atoms with E-state index >= 15 is 0 Å². The van der Waals surface area contributed by atoms with Crippen molar-refractivity contribution in [3.05, 3.63) is 404 Å².